The lowest BCUT2D eigenvalue weighted by Crippen LogP contribution is -2.15. The minimum atomic E-state index is -1.13. The number of carboxylic acid groups (broad SMARTS) is 1. The van der Waals surface area contributed by atoms with E-state index in [9.17, 15) is 14.7 Å². The van der Waals surface area contributed by atoms with Gasteiger partial charge >= 0.3 is 5.97 Å². The average molecular weight is 453 g/mol. The summed E-state index contributed by atoms with van der Waals surface area (Å²) in [7, 11) is 1.46. The molecule has 0 aliphatic carbocycles. The van der Waals surface area contributed by atoms with E-state index in [4.69, 9.17) is 4.84 Å². The Kier molecular flexibility index (Phi) is 6.41. The number of carbonyl (C=O) groups excluding carboxylic acids is 1. The lowest BCUT2D eigenvalue weighted by Gasteiger charge is -2.11. The van der Waals surface area contributed by atoms with Gasteiger partial charge in [0.25, 0.3) is 5.91 Å². The second-order valence-corrected chi connectivity index (χ2v) is 6.93. The first-order valence-electron chi connectivity index (χ1n) is 8.61. The van der Waals surface area contributed by atoms with E-state index in [2.05, 4.69) is 26.4 Å². The molecule has 2 N–H and O–H groups in total. The lowest BCUT2D eigenvalue weighted by atomic mass is 10.0. The molecule has 6 nitrogen and oxygen atoms in total. The van der Waals surface area contributed by atoms with Crippen molar-refractivity contribution in [2.45, 2.75) is 0 Å². The first-order valence-corrected chi connectivity index (χ1v) is 9.40. The topological polar surface area (TPSA) is 88.0 Å². The molecule has 3 rings (SSSR count). The van der Waals surface area contributed by atoms with Crippen molar-refractivity contribution >= 4 is 39.2 Å². The van der Waals surface area contributed by atoms with E-state index in [0.717, 1.165) is 5.56 Å². The van der Waals surface area contributed by atoms with E-state index < -0.39 is 11.9 Å². The van der Waals surface area contributed by atoms with Crippen molar-refractivity contribution in [1.29, 1.82) is 0 Å². The van der Waals surface area contributed by atoms with Crippen molar-refractivity contribution in [2.75, 3.05) is 12.4 Å². The fourth-order valence-corrected chi connectivity index (χ4v) is 3.13. The van der Waals surface area contributed by atoms with Crippen molar-refractivity contribution in [3.05, 3.63) is 99.5 Å². The Morgan fingerprint density at radius 1 is 0.931 bits per heavy atom. The third-order valence-electron chi connectivity index (χ3n) is 4.09. The highest BCUT2D eigenvalue weighted by molar-refractivity contribution is 9.10. The molecule has 0 unspecified atom stereocenters. The number of benzene rings is 3. The Balaban J connectivity index is 1.93. The summed E-state index contributed by atoms with van der Waals surface area (Å²) in [5.74, 6) is -1.56. The van der Waals surface area contributed by atoms with Crippen LogP contribution in [0.15, 0.2) is 82.4 Å². The fourth-order valence-electron chi connectivity index (χ4n) is 2.76. The molecule has 0 heterocycles. The van der Waals surface area contributed by atoms with Crippen molar-refractivity contribution in [3.63, 3.8) is 0 Å². The summed E-state index contributed by atoms with van der Waals surface area (Å²) in [6, 6.07) is 21.0. The van der Waals surface area contributed by atoms with Gasteiger partial charge in [-0.25, -0.2) is 4.79 Å². The van der Waals surface area contributed by atoms with E-state index in [0.29, 0.717) is 21.3 Å². The first kappa shape index (κ1) is 20.3. The Morgan fingerprint density at radius 3 is 2.31 bits per heavy atom. The molecule has 0 radical (unpaired) electrons. The predicted octanol–water partition coefficient (Wildman–Crippen LogP) is 4.80. The number of nitrogens with zero attached hydrogens (tertiary/aromatic N) is 1. The Morgan fingerprint density at radius 2 is 1.62 bits per heavy atom. The third kappa shape index (κ3) is 4.89. The molecule has 0 aliphatic heterocycles. The van der Waals surface area contributed by atoms with Gasteiger partial charge in [0.15, 0.2) is 0 Å². The van der Waals surface area contributed by atoms with Crippen molar-refractivity contribution < 1.29 is 19.5 Å². The third-order valence-corrected chi connectivity index (χ3v) is 4.58. The molecular weight excluding hydrogens is 436 g/mol. The minimum absolute atomic E-state index is 0.00482. The number of amides is 1. The van der Waals surface area contributed by atoms with Crippen LogP contribution in [0.1, 0.15) is 31.8 Å². The van der Waals surface area contributed by atoms with Gasteiger partial charge in [-0.3, -0.25) is 4.79 Å². The standard InChI is InChI=1S/C22H17BrN2O4/c1-29-25-20(14-6-3-2-4-7-14)15-8-5-9-16(12-15)21(26)24-19-11-10-17(23)13-18(19)22(27)28/h2-13H,1H3,(H,24,26)(H,27,28)/b25-20+. The smallest absolute Gasteiger partial charge is 0.337 e. The van der Waals surface area contributed by atoms with Crippen LogP contribution in [0.2, 0.25) is 0 Å². The van der Waals surface area contributed by atoms with Gasteiger partial charge in [-0.2, -0.15) is 0 Å². The highest BCUT2D eigenvalue weighted by atomic mass is 79.9. The molecule has 0 aliphatic rings. The quantitative estimate of drug-likeness (QED) is 0.415. The molecule has 146 valence electrons. The number of hydrogen-bond acceptors (Lipinski definition) is 4. The summed E-state index contributed by atoms with van der Waals surface area (Å²) in [5.41, 5.74) is 2.69. The molecular formula is C22H17BrN2O4. The summed E-state index contributed by atoms with van der Waals surface area (Å²) >= 11 is 3.24. The number of aromatic carboxylic acids is 1. The Hall–Kier alpha value is -3.45. The number of carboxylic acids is 1. The normalized spacial score (nSPS) is 11.0. The van der Waals surface area contributed by atoms with E-state index in [-0.39, 0.29) is 11.3 Å². The van der Waals surface area contributed by atoms with Gasteiger partial charge in [0, 0.05) is 21.2 Å². The second-order valence-electron chi connectivity index (χ2n) is 6.02. The second kappa shape index (κ2) is 9.16. The zero-order valence-electron chi connectivity index (χ0n) is 15.4. The van der Waals surface area contributed by atoms with Crippen LogP contribution in [0.3, 0.4) is 0 Å². The molecule has 0 fully saturated rings. The monoisotopic (exact) mass is 452 g/mol. The molecule has 1 amide bonds. The zero-order chi connectivity index (χ0) is 20.8. The SMILES string of the molecule is CO/N=C(\c1ccccc1)c1cccc(C(=O)Nc2ccc(Br)cc2C(=O)O)c1. The number of carbonyl (C=O) groups is 2. The number of anilines is 1. The van der Waals surface area contributed by atoms with Crippen LogP contribution in [-0.4, -0.2) is 29.8 Å². The maximum absolute atomic E-state index is 12.8. The van der Waals surface area contributed by atoms with Crippen molar-refractivity contribution in [1.82, 2.24) is 0 Å². The minimum Gasteiger partial charge on any atom is -0.478 e. The lowest BCUT2D eigenvalue weighted by molar-refractivity contribution is 0.0698. The molecule has 0 bridgehead atoms. The first-order chi connectivity index (χ1) is 14.0. The van der Waals surface area contributed by atoms with Crippen molar-refractivity contribution in [2.24, 2.45) is 5.16 Å². The summed E-state index contributed by atoms with van der Waals surface area (Å²) in [5, 5.41) is 16.1. The maximum Gasteiger partial charge on any atom is 0.337 e. The molecule has 0 saturated carbocycles. The highest BCUT2D eigenvalue weighted by Gasteiger charge is 2.16. The summed E-state index contributed by atoms with van der Waals surface area (Å²) < 4.78 is 0.609. The molecule has 0 spiro atoms. The average Bonchev–Trinajstić information content (AvgIpc) is 2.73. The highest BCUT2D eigenvalue weighted by Crippen LogP contribution is 2.22. The van der Waals surface area contributed by atoms with E-state index in [1.807, 2.05) is 36.4 Å². The molecule has 3 aromatic rings. The van der Waals surface area contributed by atoms with Crippen LogP contribution < -0.4 is 5.32 Å². The number of oxime groups is 1. The maximum atomic E-state index is 12.8. The van der Waals surface area contributed by atoms with Crippen LogP contribution in [0.25, 0.3) is 0 Å². The summed E-state index contributed by atoms with van der Waals surface area (Å²) in [6.07, 6.45) is 0. The number of halogens is 1. The predicted molar refractivity (Wildman–Crippen MR) is 115 cm³/mol. The molecule has 0 atom stereocenters. The number of hydrogen-bond donors (Lipinski definition) is 2. The number of rotatable bonds is 6. The Bertz CT molecular complexity index is 1080. The van der Waals surface area contributed by atoms with Crippen LogP contribution in [0.4, 0.5) is 5.69 Å². The van der Waals surface area contributed by atoms with Crippen molar-refractivity contribution in [3.8, 4) is 0 Å². The molecule has 0 saturated heterocycles. The molecule has 3 aromatic carbocycles. The van der Waals surface area contributed by atoms with Gasteiger partial charge < -0.3 is 15.3 Å². The van der Waals surface area contributed by atoms with Crippen LogP contribution in [0, 0.1) is 0 Å². The van der Waals surface area contributed by atoms with E-state index in [1.54, 1.807) is 24.3 Å². The summed E-state index contributed by atoms with van der Waals surface area (Å²) in [4.78, 5) is 29.2. The fraction of sp³-hybridized carbons (Fsp3) is 0.0455. The van der Waals surface area contributed by atoms with Crippen LogP contribution in [-0.2, 0) is 4.84 Å². The van der Waals surface area contributed by atoms with Crippen LogP contribution >= 0.6 is 15.9 Å². The summed E-state index contributed by atoms with van der Waals surface area (Å²) in [6.45, 7) is 0. The van der Waals surface area contributed by atoms with Gasteiger partial charge in [-0.1, -0.05) is 63.6 Å². The van der Waals surface area contributed by atoms with Gasteiger partial charge in [-0.15, -0.1) is 0 Å². The largest absolute Gasteiger partial charge is 0.478 e. The van der Waals surface area contributed by atoms with Gasteiger partial charge in [0.05, 0.1) is 11.3 Å². The number of nitrogens with one attached hydrogen (secondary N) is 1. The van der Waals surface area contributed by atoms with E-state index >= 15 is 0 Å². The molecule has 29 heavy (non-hydrogen) atoms. The van der Waals surface area contributed by atoms with Gasteiger partial charge in [0.1, 0.15) is 12.8 Å². The van der Waals surface area contributed by atoms with Gasteiger partial charge in [0.2, 0.25) is 0 Å². The van der Waals surface area contributed by atoms with E-state index in [1.165, 1.54) is 19.2 Å². The molecule has 7 heteroatoms. The Labute approximate surface area is 176 Å². The van der Waals surface area contributed by atoms with Gasteiger partial charge in [-0.05, 0) is 30.3 Å². The molecule has 0 aromatic heterocycles. The van der Waals surface area contributed by atoms with Crippen LogP contribution in [0.5, 0.6) is 0 Å². The zero-order valence-corrected chi connectivity index (χ0v) is 17.0.